The largest absolute Gasteiger partial charge is 0.472 e. The van der Waals surface area contributed by atoms with E-state index in [2.05, 4.69) is 10.1 Å². The van der Waals surface area contributed by atoms with Gasteiger partial charge in [-0.25, -0.2) is 9.67 Å². The monoisotopic (exact) mass is 346 g/mol. The van der Waals surface area contributed by atoms with E-state index in [9.17, 15) is 23.3 Å². The van der Waals surface area contributed by atoms with Crippen LogP contribution in [0.4, 0.5) is 18.9 Å². The number of pyridine rings is 1. The highest BCUT2D eigenvalue weighted by Gasteiger charge is 2.38. The van der Waals surface area contributed by atoms with E-state index in [1.54, 1.807) is 0 Å². The van der Waals surface area contributed by atoms with Gasteiger partial charge < -0.3 is 9.84 Å². The van der Waals surface area contributed by atoms with E-state index in [0.717, 1.165) is 16.9 Å². The second-order valence-electron chi connectivity index (χ2n) is 4.70. The number of aromatic nitrogens is 3. The van der Waals surface area contributed by atoms with Crippen molar-refractivity contribution in [2.45, 2.75) is 19.5 Å². The van der Waals surface area contributed by atoms with Crippen LogP contribution in [0.25, 0.3) is 5.69 Å². The Morgan fingerprint density at radius 2 is 2.17 bits per heavy atom. The van der Waals surface area contributed by atoms with Gasteiger partial charge in [-0.15, -0.1) is 5.10 Å². The van der Waals surface area contributed by atoms with E-state index in [0.29, 0.717) is 0 Å². The Balaban J connectivity index is 2.56. The molecule has 0 spiro atoms. The molecule has 24 heavy (non-hydrogen) atoms. The summed E-state index contributed by atoms with van der Waals surface area (Å²) in [4.78, 5) is 13.7. The van der Waals surface area contributed by atoms with Gasteiger partial charge in [-0.1, -0.05) is 0 Å². The molecule has 130 valence electrons. The number of alkyl halides is 3. The highest BCUT2D eigenvalue weighted by molar-refractivity contribution is 5.51. The molecule has 0 aliphatic carbocycles. The molecule has 0 aliphatic heterocycles. The van der Waals surface area contributed by atoms with Crippen LogP contribution in [0.2, 0.25) is 0 Å². The Morgan fingerprint density at radius 1 is 1.46 bits per heavy atom. The molecule has 8 nitrogen and oxygen atoms in total. The van der Waals surface area contributed by atoms with E-state index < -0.39 is 34.0 Å². The van der Waals surface area contributed by atoms with Crippen LogP contribution in [-0.2, 0) is 6.18 Å². The molecule has 0 fully saturated rings. The van der Waals surface area contributed by atoms with E-state index in [1.807, 2.05) is 0 Å². The van der Waals surface area contributed by atoms with Crippen molar-refractivity contribution in [2.75, 3.05) is 13.2 Å². The first-order chi connectivity index (χ1) is 11.3. The number of aliphatic hydroxyl groups is 1. The minimum absolute atomic E-state index is 0.0625. The molecule has 0 aliphatic rings. The maximum atomic E-state index is 13.1. The zero-order chi connectivity index (χ0) is 17.9. The smallest absolute Gasteiger partial charge is 0.435 e. The van der Waals surface area contributed by atoms with Gasteiger partial charge in [0.15, 0.2) is 5.69 Å². The molecule has 0 amide bonds. The summed E-state index contributed by atoms with van der Waals surface area (Å²) < 4.78 is 45.1. The molecule has 2 heterocycles. The summed E-state index contributed by atoms with van der Waals surface area (Å²) in [7, 11) is 0. The van der Waals surface area contributed by atoms with Gasteiger partial charge in [-0.3, -0.25) is 10.1 Å². The Bertz CT molecular complexity index is 745. The Hall–Kier alpha value is -2.69. The summed E-state index contributed by atoms with van der Waals surface area (Å²) in [6.07, 6.45) is -3.58. The molecule has 2 rings (SSSR count). The SMILES string of the molecule is Cc1c([N+](=O)[O-])c(OCCCO)nn1-c1cccnc1C(F)(F)F. The molecule has 0 saturated carbocycles. The van der Waals surface area contributed by atoms with E-state index in [1.165, 1.54) is 13.0 Å². The molecule has 0 unspecified atom stereocenters. The Labute approximate surface area is 133 Å². The molecule has 11 heteroatoms. The number of aliphatic hydroxyl groups excluding tert-OH is 1. The normalized spacial score (nSPS) is 11.5. The predicted molar refractivity (Wildman–Crippen MR) is 75.0 cm³/mol. The lowest BCUT2D eigenvalue weighted by atomic mass is 10.2. The summed E-state index contributed by atoms with van der Waals surface area (Å²) in [6, 6.07) is 2.38. The molecular formula is C13H13F3N4O4. The maximum absolute atomic E-state index is 13.1. The summed E-state index contributed by atoms with van der Waals surface area (Å²) in [6.45, 7) is 0.998. The quantitative estimate of drug-likeness (QED) is 0.489. The fourth-order valence-electron chi connectivity index (χ4n) is 2.03. The highest BCUT2D eigenvalue weighted by atomic mass is 19.4. The number of hydrogen-bond acceptors (Lipinski definition) is 6. The van der Waals surface area contributed by atoms with E-state index >= 15 is 0 Å². The van der Waals surface area contributed by atoms with E-state index in [-0.39, 0.29) is 25.3 Å². The Morgan fingerprint density at radius 3 is 2.75 bits per heavy atom. The average molecular weight is 346 g/mol. The van der Waals surface area contributed by atoms with Gasteiger partial charge in [0.05, 0.1) is 17.2 Å². The van der Waals surface area contributed by atoms with Gasteiger partial charge in [-0.05, 0) is 19.1 Å². The van der Waals surface area contributed by atoms with Gasteiger partial charge >= 0.3 is 17.7 Å². The van der Waals surface area contributed by atoms with Crippen molar-refractivity contribution in [1.82, 2.24) is 14.8 Å². The summed E-state index contributed by atoms with van der Waals surface area (Å²) in [5.41, 5.74) is -2.32. The van der Waals surface area contributed by atoms with Crippen LogP contribution in [0.3, 0.4) is 0 Å². The molecule has 0 saturated heterocycles. The molecule has 0 atom stereocenters. The second-order valence-corrected chi connectivity index (χ2v) is 4.70. The van der Waals surface area contributed by atoms with Gasteiger partial charge in [0.25, 0.3) is 0 Å². The third-order valence-corrected chi connectivity index (χ3v) is 3.06. The third kappa shape index (κ3) is 3.45. The molecule has 0 bridgehead atoms. The molecule has 1 N–H and O–H groups in total. The van der Waals surface area contributed by atoms with Crippen LogP contribution in [0, 0.1) is 17.0 Å². The third-order valence-electron chi connectivity index (χ3n) is 3.06. The van der Waals surface area contributed by atoms with Crippen molar-refractivity contribution in [1.29, 1.82) is 0 Å². The maximum Gasteiger partial charge on any atom is 0.435 e. The van der Waals surface area contributed by atoms with Crippen molar-refractivity contribution in [3.63, 3.8) is 0 Å². The second kappa shape index (κ2) is 6.83. The molecule has 2 aromatic rings. The first-order valence-corrected chi connectivity index (χ1v) is 6.77. The minimum atomic E-state index is -4.75. The molecular weight excluding hydrogens is 333 g/mol. The lowest BCUT2D eigenvalue weighted by Crippen LogP contribution is -2.14. The van der Waals surface area contributed by atoms with Crippen LogP contribution < -0.4 is 4.74 Å². The van der Waals surface area contributed by atoms with Crippen molar-refractivity contribution in [3.05, 3.63) is 39.8 Å². The number of nitro groups is 1. The number of nitrogens with zero attached hydrogens (tertiary/aromatic N) is 4. The summed E-state index contributed by atoms with van der Waals surface area (Å²) in [5, 5.41) is 23.7. The zero-order valence-corrected chi connectivity index (χ0v) is 12.4. The van der Waals surface area contributed by atoms with Gasteiger partial charge in [0.1, 0.15) is 5.69 Å². The van der Waals surface area contributed by atoms with Crippen LogP contribution in [0.5, 0.6) is 5.88 Å². The van der Waals surface area contributed by atoms with Gasteiger partial charge in [0, 0.05) is 19.2 Å². The molecule has 0 radical (unpaired) electrons. The number of ether oxygens (including phenoxy) is 1. The highest BCUT2D eigenvalue weighted by Crippen LogP contribution is 2.36. The van der Waals surface area contributed by atoms with Crippen LogP contribution in [0.1, 0.15) is 17.8 Å². The topological polar surface area (TPSA) is 103 Å². The summed E-state index contributed by atoms with van der Waals surface area (Å²) >= 11 is 0. The van der Waals surface area contributed by atoms with Gasteiger partial charge in [-0.2, -0.15) is 13.2 Å². The lowest BCUT2D eigenvalue weighted by Gasteiger charge is -2.11. The van der Waals surface area contributed by atoms with Crippen molar-refractivity contribution in [2.24, 2.45) is 0 Å². The Kier molecular flexibility index (Phi) is 5.02. The number of hydrogen-bond donors (Lipinski definition) is 1. The van der Waals surface area contributed by atoms with E-state index in [4.69, 9.17) is 9.84 Å². The fraction of sp³-hybridized carbons (Fsp3) is 0.385. The predicted octanol–water partition coefficient (Wildman–Crippen LogP) is 2.26. The average Bonchev–Trinajstić information content (AvgIpc) is 2.83. The van der Waals surface area contributed by atoms with Gasteiger partial charge in [0.2, 0.25) is 0 Å². The van der Waals surface area contributed by atoms with Crippen LogP contribution >= 0.6 is 0 Å². The molecule has 2 aromatic heterocycles. The number of halogens is 3. The first kappa shape index (κ1) is 17.7. The van der Waals surface area contributed by atoms with Crippen molar-refractivity contribution >= 4 is 5.69 Å². The van der Waals surface area contributed by atoms with Crippen LogP contribution in [-0.4, -0.2) is 38.0 Å². The number of rotatable bonds is 6. The van der Waals surface area contributed by atoms with Crippen LogP contribution in [0.15, 0.2) is 18.3 Å². The standard InChI is InChI=1S/C13H13F3N4O4/c1-8-10(20(22)23)12(24-7-3-6-21)18-19(8)9-4-2-5-17-11(9)13(14,15)16/h2,4-5,21H,3,6-7H2,1H3. The van der Waals surface area contributed by atoms with Crippen molar-refractivity contribution < 1.29 is 27.9 Å². The van der Waals surface area contributed by atoms with Crippen molar-refractivity contribution in [3.8, 4) is 11.6 Å². The first-order valence-electron chi connectivity index (χ1n) is 6.77. The minimum Gasteiger partial charge on any atom is -0.472 e. The summed E-state index contributed by atoms with van der Waals surface area (Å²) in [5.74, 6) is -0.414. The lowest BCUT2D eigenvalue weighted by molar-refractivity contribution is -0.386. The fourth-order valence-corrected chi connectivity index (χ4v) is 2.03. The molecule has 0 aromatic carbocycles. The zero-order valence-electron chi connectivity index (χ0n) is 12.4.